The summed E-state index contributed by atoms with van der Waals surface area (Å²) < 4.78 is 5.60. The first-order valence-electron chi connectivity index (χ1n) is 9.87. The molecule has 0 radical (unpaired) electrons. The Morgan fingerprint density at radius 1 is 1.19 bits per heavy atom. The number of thiocarbonyl (C=S) groups is 1. The van der Waals surface area contributed by atoms with Crippen molar-refractivity contribution in [3.63, 3.8) is 0 Å². The lowest BCUT2D eigenvalue weighted by atomic mass is 10.1. The van der Waals surface area contributed by atoms with Gasteiger partial charge in [-0.05, 0) is 59.3 Å². The molecule has 1 amide bonds. The molecule has 1 heterocycles. The van der Waals surface area contributed by atoms with E-state index >= 15 is 0 Å². The van der Waals surface area contributed by atoms with Crippen molar-refractivity contribution in [2.75, 3.05) is 37.7 Å². The molecule has 0 bridgehead atoms. The number of nitro groups is 1. The monoisotopic (exact) mass is 520 g/mol. The van der Waals surface area contributed by atoms with Crippen LogP contribution in [-0.2, 0) is 4.74 Å². The number of amides is 1. The molecule has 0 spiro atoms. The zero-order valence-corrected chi connectivity index (χ0v) is 19.6. The summed E-state index contributed by atoms with van der Waals surface area (Å²) in [6.07, 6.45) is 0. The Morgan fingerprint density at radius 2 is 1.88 bits per heavy atom. The average Bonchev–Trinajstić information content (AvgIpc) is 2.79. The van der Waals surface area contributed by atoms with Gasteiger partial charge in [0.1, 0.15) is 5.69 Å². The number of nitrogens with zero attached hydrogens (tertiary/aromatic N) is 3. The molecule has 11 heteroatoms. The Kier molecular flexibility index (Phi) is 7.75. The maximum atomic E-state index is 12.5. The van der Waals surface area contributed by atoms with Gasteiger partial charge in [0, 0.05) is 36.7 Å². The Labute approximate surface area is 198 Å². The van der Waals surface area contributed by atoms with Crippen molar-refractivity contribution < 1.29 is 19.2 Å². The molecule has 0 unspecified atom stereocenters. The van der Waals surface area contributed by atoms with Gasteiger partial charge in [-0.15, -0.1) is 0 Å². The fourth-order valence-corrected chi connectivity index (χ4v) is 4.06. The molecule has 0 saturated carbocycles. The van der Waals surface area contributed by atoms with Crippen LogP contribution in [0.5, 0.6) is 0 Å². The third-order valence-corrected chi connectivity index (χ3v) is 5.98. The molecule has 2 aromatic rings. The quantitative estimate of drug-likeness (QED) is 0.277. The fourth-order valence-electron chi connectivity index (χ4n) is 3.32. The van der Waals surface area contributed by atoms with E-state index in [1.54, 1.807) is 31.2 Å². The molecule has 1 fully saturated rings. The van der Waals surface area contributed by atoms with Crippen LogP contribution >= 0.6 is 28.1 Å². The largest absolute Gasteiger partial charge is 0.462 e. The minimum atomic E-state index is -0.599. The number of nitrogens with one attached hydrogen (secondary N) is 1. The summed E-state index contributed by atoms with van der Waals surface area (Å²) in [5, 5.41) is 14.6. The predicted octanol–water partition coefficient (Wildman–Crippen LogP) is 3.37. The summed E-state index contributed by atoms with van der Waals surface area (Å²) >= 11 is 8.74. The van der Waals surface area contributed by atoms with Crippen molar-refractivity contribution in [1.29, 1.82) is 0 Å². The third-order valence-electron chi connectivity index (χ3n) is 4.93. The minimum absolute atomic E-state index is 0.136. The van der Waals surface area contributed by atoms with Gasteiger partial charge in [-0.2, -0.15) is 0 Å². The van der Waals surface area contributed by atoms with Crippen molar-refractivity contribution in [2.45, 2.75) is 6.92 Å². The number of hydrogen-bond donors (Lipinski definition) is 1. The summed E-state index contributed by atoms with van der Waals surface area (Å²) in [6.45, 7) is 3.74. The van der Waals surface area contributed by atoms with Crippen molar-refractivity contribution in [3.8, 4) is 0 Å². The number of halogens is 1. The highest BCUT2D eigenvalue weighted by Gasteiger charge is 2.27. The number of anilines is 1. The maximum absolute atomic E-state index is 12.5. The van der Waals surface area contributed by atoms with Gasteiger partial charge in [0.25, 0.3) is 11.6 Å². The molecule has 9 nitrogen and oxygen atoms in total. The van der Waals surface area contributed by atoms with Crippen LogP contribution in [0.4, 0.5) is 11.4 Å². The lowest BCUT2D eigenvalue weighted by Gasteiger charge is -2.37. The Balaban J connectivity index is 1.65. The molecule has 0 aromatic heterocycles. The highest BCUT2D eigenvalue weighted by atomic mass is 79.9. The molecule has 1 N–H and O–H groups in total. The summed E-state index contributed by atoms with van der Waals surface area (Å²) in [7, 11) is 0. The van der Waals surface area contributed by atoms with E-state index in [0.29, 0.717) is 47.0 Å². The predicted molar refractivity (Wildman–Crippen MR) is 127 cm³/mol. The lowest BCUT2D eigenvalue weighted by Crippen LogP contribution is -2.52. The average molecular weight is 521 g/mol. The lowest BCUT2D eigenvalue weighted by molar-refractivity contribution is -0.384. The van der Waals surface area contributed by atoms with Crippen molar-refractivity contribution >= 4 is 56.5 Å². The van der Waals surface area contributed by atoms with E-state index in [1.165, 1.54) is 12.1 Å². The molecule has 168 valence electrons. The van der Waals surface area contributed by atoms with Crippen LogP contribution < -0.4 is 10.2 Å². The second-order valence-electron chi connectivity index (χ2n) is 6.89. The van der Waals surface area contributed by atoms with E-state index in [-0.39, 0.29) is 23.8 Å². The highest BCUT2D eigenvalue weighted by molar-refractivity contribution is 9.10. The number of hydrogen-bond acceptors (Lipinski definition) is 7. The zero-order valence-electron chi connectivity index (χ0n) is 17.2. The van der Waals surface area contributed by atoms with Crippen LogP contribution in [0, 0.1) is 10.1 Å². The van der Waals surface area contributed by atoms with Gasteiger partial charge in [-0.1, -0.05) is 12.1 Å². The van der Waals surface area contributed by atoms with Crippen LogP contribution in [0.15, 0.2) is 46.9 Å². The molecule has 1 saturated heterocycles. The molecular formula is C21H21BrN4O5S. The van der Waals surface area contributed by atoms with E-state index < -0.39 is 10.9 Å². The minimum Gasteiger partial charge on any atom is -0.462 e. The Morgan fingerprint density at radius 3 is 2.50 bits per heavy atom. The van der Waals surface area contributed by atoms with Gasteiger partial charge in [0.15, 0.2) is 5.11 Å². The first-order chi connectivity index (χ1) is 15.3. The van der Waals surface area contributed by atoms with Crippen LogP contribution in [0.1, 0.15) is 27.6 Å². The van der Waals surface area contributed by atoms with Crippen molar-refractivity contribution in [2.24, 2.45) is 0 Å². The third kappa shape index (κ3) is 5.40. The van der Waals surface area contributed by atoms with Gasteiger partial charge in [-0.25, -0.2) is 4.79 Å². The van der Waals surface area contributed by atoms with E-state index in [9.17, 15) is 19.7 Å². The SMILES string of the molecule is CCOC(=O)c1ccc(N2CCN(C(=S)NC(=O)c3ccccc3Br)CC2)c([N+](=O)[O-])c1. The zero-order chi connectivity index (χ0) is 23.3. The molecule has 1 aliphatic heterocycles. The van der Waals surface area contributed by atoms with Crippen LogP contribution in [0.2, 0.25) is 0 Å². The topological polar surface area (TPSA) is 105 Å². The number of nitro benzene ring substituents is 1. The van der Waals surface area contributed by atoms with Gasteiger partial charge in [0.05, 0.1) is 22.7 Å². The standard InChI is InChI=1S/C21H21BrN4O5S/c1-2-31-20(28)14-7-8-17(18(13-14)26(29)30)24-9-11-25(12-10-24)21(32)23-19(27)15-5-3-4-6-16(15)22/h3-8,13H,2,9-12H2,1H3,(H,23,27,32). The maximum Gasteiger partial charge on any atom is 0.338 e. The number of carbonyl (C=O) groups is 2. The first kappa shape index (κ1) is 23.6. The molecular weight excluding hydrogens is 500 g/mol. The number of benzene rings is 2. The summed E-state index contributed by atoms with van der Waals surface area (Å²) in [5.41, 5.74) is 0.877. The van der Waals surface area contributed by atoms with Crippen LogP contribution in [0.25, 0.3) is 0 Å². The fraction of sp³-hybridized carbons (Fsp3) is 0.286. The Bertz CT molecular complexity index is 1060. The number of piperazine rings is 1. The van der Waals surface area contributed by atoms with Crippen LogP contribution in [-0.4, -0.2) is 59.6 Å². The van der Waals surface area contributed by atoms with Gasteiger partial charge in [-0.3, -0.25) is 20.2 Å². The van der Waals surface area contributed by atoms with Gasteiger partial charge < -0.3 is 14.5 Å². The van der Waals surface area contributed by atoms with Crippen LogP contribution in [0.3, 0.4) is 0 Å². The second-order valence-corrected chi connectivity index (χ2v) is 8.14. The molecule has 1 aliphatic rings. The van der Waals surface area contributed by atoms with Crippen molar-refractivity contribution in [3.05, 3.63) is 68.2 Å². The molecule has 32 heavy (non-hydrogen) atoms. The smallest absolute Gasteiger partial charge is 0.338 e. The van der Waals surface area contributed by atoms with E-state index in [0.717, 1.165) is 0 Å². The molecule has 2 aromatic carbocycles. The number of carbonyl (C=O) groups excluding carboxylic acids is 2. The summed E-state index contributed by atoms with van der Waals surface area (Å²) in [6, 6.07) is 11.4. The van der Waals surface area contributed by atoms with Gasteiger partial charge >= 0.3 is 5.97 Å². The summed E-state index contributed by atoms with van der Waals surface area (Å²) in [4.78, 5) is 39.2. The molecule has 0 aliphatic carbocycles. The number of esters is 1. The van der Waals surface area contributed by atoms with Gasteiger partial charge in [0.2, 0.25) is 0 Å². The normalized spacial score (nSPS) is 13.4. The second kappa shape index (κ2) is 10.5. The van der Waals surface area contributed by atoms with E-state index in [2.05, 4.69) is 21.2 Å². The van der Waals surface area contributed by atoms with Crippen molar-refractivity contribution in [1.82, 2.24) is 10.2 Å². The molecule has 3 rings (SSSR count). The number of rotatable bonds is 5. The molecule has 0 atom stereocenters. The van der Waals surface area contributed by atoms with E-state index in [4.69, 9.17) is 17.0 Å². The van der Waals surface area contributed by atoms with E-state index in [1.807, 2.05) is 15.9 Å². The number of ether oxygens (including phenoxy) is 1. The highest BCUT2D eigenvalue weighted by Crippen LogP contribution is 2.30. The Hall–Kier alpha value is -3.05. The summed E-state index contributed by atoms with van der Waals surface area (Å²) in [5.74, 6) is -0.909. The first-order valence-corrected chi connectivity index (χ1v) is 11.1.